The lowest BCUT2D eigenvalue weighted by Gasteiger charge is -2.28. The van der Waals surface area contributed by atoms with E-state index in [-0.39, 0.29) is 0 Å². The molecule has 0 bridgehead atoms. The Morgan fingerprint density at radius 2 is 2.08 bits per heavy atom. The molecule has 1 N–H and O–H groups in total. The van der Waals surface area contributed by atoms with E-state index in [0.717, 1.165) is 18.3 Å². The van der Waals surface area contributed by atoms with Gasteiger partial charge in [-0.3, -0.25) is 4.99 Å². The molecule has 0 aromatic rings. The predicted octanol–water partition coefficient (Wildman–Crippen LogP) is 2.45. The molecule has 2 atom stereocenters. The third-order valence-corrected chi connectivity index (χ3v) is 3.30. The van der Waals surface area contributed by atoms with E-state index in [0.29, 0.717) is 0 Å². The van der Waals surface area contributed by atoms with Gasteiger partial charge in [0.25, 0.3) is 0 Å². The van der Waals surface area contributed by atoms with Crippen LogP contribution in [0, 0.1) is 11.8 Å². The van der Waals surface area contributed by atoms with E-state index in [4.69, 9.17) is 0 Å². The number of nitrogens with zero attached hydrogens (tertiary/aromatic N) is 1. The van der Waals surface area contributed by atoms with Crippen LogP contribution in [0.15, 0.2) is 4.99 Å². The molecule has 0 aromatic carbocycles. The van der Waals surface area contributed by atoms with Gasteiger partial charge in [0.15, 0.2) is 0 Å². The van der Waals surface area contributed by atoms with Crippen molar-refractivity contribution in [2.75, 3.05) is 14.1 Å². The van der Waals surface area contributed by atoms with Crippen LogP contribution in [0.25, 0.3) is 0 Å². The summed E-state index contributed by atoms with van der Waals surface area (Å²) in [4.78, 5) is 4.24. The van der Waals surface area contributed by atoms with Gasteiger partial charge in [0.2, 0.25) is 0 Å². The minimum Gasteiger partial charge on any atom is -0.377 e. The van der Waals surface area contributed by atoms with E-state index < -0.39 is 0 Å². The van der Waals surface area contributed by atoms with Crippen LogP contribution in [0.1, 0.15) is 39.0 Å². The van der Waals surface area contributed by atoms with E-state index >= 15 is 0 Å². The first kappa shape index (κ1) is 10.6. The summed E-state index contributed by atoms with van der Waals surface area (Å²) in [6, 6.07) is 0. The van der Waals surface area contributed by atoms with Gasteiger partial charge in [-0.2, -0.15) is 0 Å². The Morgan fingerprint density at radius 3 is 2.62 bits per heavy atom. The van der Waals surface area contributed by atoms with Crippen molar-refractivity contribution in [3.05, 3.63) is 0 Å². The van der Waals surface area contributed by atoms with Gasteiger partial charge >= 0.3 is 0 Å². The van der Waals surface area contributed by atoms with Crippen LogP contribution in [-0.4, -0.2) is 19.9 Å². The third-order valence-electron chi connectivity index (χ3n) is 3.30. The average Bonchev–Trinajstić information content (AvgIpc) is 2.17. The lowest BCUT2D eigenvalue weighted by atomic mass is 9.78. The molecule has 2 heteroatoms. The van der Waals surface area contributed by atoms with Gasteiger partial charge in [-0.15, -0.1) is 0 Å². The Kier molecular flexibility index (Phi) is 4.26. The summed E-state index contributed by atoms with van der Waals surface area (Å²) in [5.41, 5.74) is 0. The maximum atomic E-state index is 4.24. The third kappa shape index (κ3) is 3.02. The summed E-state index contributed by atoms with van der Waals surface area (Å²) in [7, 11) is 3.84. The second kappa shape index (κ2) is 5.25. The standard InChI is InChI=1S/C11H22N2/c1-9-6-4-5-7-10(9)8-11(12-2)13-3/h9-10H,4-8H2,1-3H3,(H,12,13). The highest BCUT2D eigenvalue weighted by Crippen LogP contribution is 2.31. The molecule has 0 amide bonds. The first-order valence-electron chi connectivity index (χ1n) is 5.41. The molecule has 1 aliphatic rings. The Labute approximate surface area is 81.8 Å². The van der Waals surface area contributed by atoms with Crippen molar-refractivity contribution in [2.24, 2.45) is 16.8 Å². The van der Waals surface area contributed by atoms with Crippen LogP contribution in [0.5, 0.6) is 0 Å². The van der Waals surface area contributed by atoms with Gasteiger partial charge < -0.3 is 5.32 Å². The Bertz CT molecular complexity index is 175. The number of amidine groups is 1. The monoisotopic (exact) mass is 182 g/mol. The van der Waals surface area contributed by atoms with Crippen LogP contribution >= 0.6 is 0 Å². The van der Waals surface area contributed by atoms with E-state index in [2.05, 4.69) is 17.2 Å². The molecule has 13 heavy (non-hydrogen) atoms. The summed E-state index contributed by atoms with van der Waals surface area (Å²) in [5.74, 6) is 2.91. The summed E-state index contributed by atoms with van der Waals surface area (Å²) < 4.78 is 0. The van der Waals surface area contributed by atoms with Crippen molar-refractivity contribution in [1.29, 1.82) is 0 Å². The minimum atomic E-state index is 0.861. The Hall–Kier alpha value is -0.530. The van der Waals surface area contributed by atoms with E-state index in [1.54, 1.807) is 0 Å². The Morgan fingerprint density at radius 1 is 1.38 bits per heavy atom. The van der Waals surface area contributed by atoms with Gasteiger partial charge in [-0.25, -0.2) is 0 Å². The van der Waals surface area contributed by atoms with E-state index in [1.165, 1.54) is 31.5 Å². The lowest BCUT2D eigenvalue weighted by molar-refractivity contribution is 0.262. The van der Waals surface area contributed by atoms with Crippen molar-refractivity contribution in [1.82, 2.24) is 5.32 Å². The molecule has 1 rings (SSSR count). The Balaban J connectivity index is 2.41. The topological polar surface area (TPSA) is 24.4 Å². The highest BCUT2D eigenvalue weighted by Gasteiger charge is 2.22. The largest absolute Gasteiger partial charge is 0.377 e. The first-order chi connectivity index (χ1) is 6.27. The first-order valence-corrected chi connectivity index (χ1v) is 5.41. The zero-order chi connectivity index (χ0) is 9.68. The summed E-state index contributed by atoms with van der Waals surface area (Å²) in [5, 5.41) is 3.17. The van der Waals surface area contributed by atoms with Crippen molar-refractivity contribution in [3.8, 4) is 0 Å². The smallest absolute Gasteiger partial charge is 0.0959 e. The molecule has 0 aliphatic heterocycles. The van der Waals surface area contributed by atoms with Crippen molar-refractivity contribution >= 4 is 5.84 Å². The van der Waals surface area contributed by atoms with Crippen LogP contribution in [0.2, 0.25) is 0 Å². The number of rotatable bonds is 2. The maximum Gasteiger partial charge on any atom is 0.0959 e. The van der Waals surface area contributed by atoms with Gasteiger partial charge in [-0.05, 0) is 18.3 Å². The molecule has 0 spiro atoms. The second-order valence-electron chi connectivity index (χ2n) is 4.15. The zero-order valence-electron chi connectivity index (χ0n) is 9.14. The van der Waals surface area contributed by atoms with Crippen molar-refractivity contribution < 1.29 is 0 Å². The molecule has 76 valence electrons. The maximum absolute atomic E-state index is 4.24. The number of nitrogens with one attached hydrogen (secondary N) is 1. The van der Waals surface area contributed by atoms with Gasteiger partial charge in [-0.1, -0.05) is 26.2 Å². The number of hydrogen-bond acceptors (Lipinski definition) is 1. The molecular weight excluding hydrogens is 160 g/mol. The van der Waals surface area contributed by atoms with E-state index in [9.17, 15) is 0 Å². The predicted molar refractivity (Wildman–Crippen MR) is 58.2 cm³/mol. The van der Waals surface area contributed by atoms with Crippen LogP contribution in [0.3, 0.4) is 0 Å². The summed E-state index contributed by atoms with van der Waals surface area (Å²) >= 11 is 0. The van der Waals surface area contributed by atoms with Crippen molar-refractivity contribution in [3.63, 3.8) is 0 Å². The lowest BCUT2D eigenvalue weighted by Crippen LogP contribution is -2.26. The normalized spacial score (nSPS) is 30.2. The fourth-order valence-corrected chi connectivity index (χ4v) is 2.25. The molecule has 1 saturated carbocycles. The van der Waals surface area contributed by atoms with Crippen LogP contribution in [-0.2, 0) is 0 Å². The SMILES string of the molecule is CN=C(CC1CCCCC1C)NC. The van der Waals surface area contributed by atoms with Crippen LogP contribution < -0.4 is 5.32 Å². The molecule has 0 radical (unpaired) electrons. The molecule has 0 aromatic heterocycles. The fraction of sp³-hybridized carbons (Fsp3) is 0.909. The fourth-order valence-electron chi connectivity index (χ4n) is 2.25. The average molecular weight is 182 g/mol. The summed E-state index contributed by atoms with van der Waals surface area (Å²) in [6.07, 6.45) is 6.78. The minimum absolute atomic E-state index is 0.861. The number of aliphatic imine (C=N–C) groups is 1. The van der Waals surface area contributed by atoms with Gasteiger partial charge in [0.05, 0.1) is 5.84 Å². The van der Waals surface area contributed by atoms with E-state index in [1.807, 2.05) is 14.1 Å². The van der Waals surface area contributed by atoms with Crippen LogP contribution in [0.4, 0.5) is 0 Å². The zero-order valence-corrected chi connectivity index (χ0v) is 9.14. The summed E-state index contributed by atoms with van der Waals surface area (Å²) in [6.45, 7) is 2.38. The second-order valence-corrected chi connectivity index (χ2v) is 4.15. The molecule has 2 nitrogen and oxygen atoms in total. The molecule has 0 saturated heterocycles. The molecule has 1 aliphatic carbocycles. The molecule has 0 heterocycles. The molecule has 2 unspecified atom stereocenters. The van der Waals surface area contributed by atoms with Gasteiger partial charge in [0, 0.05) is 20.5 Å². The number of hydrogen-bond donors (Lipinski definition) is 1. The highest BCUT2D eigenvalue weighted by atomic mass is 14.9. The highest BCUT2D eigenvalue weighted by molar-refractivity contribution is 5.81. The molecular formula is C11H22N2. The van der Waals surface area contributed by atoms with Crippen molar-refractivity contribution in [2.45, 2.75) is 39.0 Å². The molecule has 1 fully saturated rings. The quantitative estimate of drug-likeness (QED) is 0.515. The van der Waals surface area contributed by atoms with Gasteiger partial charge in [0.1, 0.15) is 0 Å².